The molecule has 2 aromatic carbocycles. The van der Waals surface area contributed by atoms with Crippen LogP contribution in [0.5, 0.6) is 0 Å². The molecule has 3 aromatic rings. The maximum Gasteiger partial charge on any atom is 0.231 e. The first-order valence-electron chi connectivity index (χ1n) is 8.80. The lowest BCUT2D eigenvalue weighted by atomic mass is 9.87. The lowest BCUT2D eigenvalue weighted by molar-refractivity contribution is -0.115. The van der Waals surface area contributed by atoms with Crippen LogP contribution in [0.15, 0.2) is 42.7 Å². The molecule has 0 unspecified atom stereocenters. The summed E-state index contributed by atoms with van der Waals surface area (Å²) < 4.78 is 1.60. The highest BCUT2D eigenvalue weighted by atomic mass is 16.2. The first-order chi connectivity index (χ1) is 13.2. The fourth-order valence-corrected chi connectivity index (χ4v) is 3.77. The zero-order valence-corrected chi connectivity index (χ0v) is 14.4. The number of anilines is 3. The van der Waals surface area contributed by atoms with Crippen molar-refractivity contribution in [1.82, 2.24) is 20.2 Å². The third-order valence-corrected chi connectivity index (χ3v) is 5.05. The number of ketones is 2. The number of aromatic nitrogens is 4. The van der Waals surface area contributed by atoms with Gasteiger partial charge in [-0.15, -0.1) is 5.10 Å². The SMILES string of the molecule is O=C1CCc2ccc3c(c2C1=O)NCCN3c1cccc(-n2cnnn2)c1. The molecule has 0 spiro atoms. The summed E-state index contributed by atoms with van der Waals surface area (Å²) >= 11 is 0. The number of carbonyl (C=O) groups excluding carboxylic acids is 2. The monoisotopic (exact) mass is 360 g/mol. The number of fused-ring (bicyclic) bond motifs is 3. The van der Waals surface area contributed by atoms with Gasteiger partial charge >= 0.3 is 0 Å². The predicted octanol–water partition coefficient (Wildman–Crippen LogP) is 1.92. The number of Topliss-reactive ketones (excluding diaryl/α,β-unsaturated/α-hetero) is 2. The van der Waals surface area contributed by atoms with Crippen LogP contribution in [0, 0.1) is 0 Å². The van der Waals surface area contributed by atoms with Crippen molar-refractivity contribution in [1.29, 1.82) is 0 Å². The highest BCUT2D eigenvalue weighted by molar-refractivity contribution is 6.46. The van der Waals surface area contributed by atoms with E-state index in [1.807, 2.05) is 36.4 Å². The summed E-state index contributed by atoms with van der Waals surface area (Å²) in [5.74, 6) is -0.694. The molecule has 5 rings (SSSR count). The molecule has 0 saturated carbocycles. The van der Waals surface area contributed by atoms with E-state index in [0.29, 0.717) is 24.9 Å². The Morgan fingerprint density at radius 1 is 1.04 bits per heavy atom. The second kappa shape index (κ2) is 6.01. The van der Waals surface area contributed by atoms with E-state index in [1.165, 1.54) is 0 Å². The van der Waals surface area contributed by atoms with E-state index < -0.39 is 0 Å². The molecule has 1 aliphatic heterocycles. The summed E-state index contributed by atoms with van der Waals surface area (Å²) in [4.78, 5) is 26.6. The summed E-state index contributed by atoms with van der Waals surface area (Å²) in [7, 11) is 0. The molecule has 0 amide bonds. The van der Waals surface area contributed by atoms with Crippen LogP contribution in [0.1, 0.15) is 22.3 Å². The molecule has 8 nitrogen and oxygen atoms in total. The molecule has 2 heterocycles. The van der Waals surface area contributed by atoms with Crippen molar-refractivity contribution < 1.29 is 9.59 Å². The van der Waals surface area contributed by atoms with Crippen molar-refractivity contribution in [2.24, 2.45) is 0 Å². The maximum atomic E-state index is 12.5. The zero-order chi connectivity index (χ0) is 18.4. The van der Waals surface area contributed by atoms with E-state index in [-0.39, 0.29) is 11.6 Å². The smallest absolute Gasteiger partial charge is 0.231 e. The number of hydrogen-bond acceptors (Lipinski definition) is 7. The van der Waals surface area contributed by atoms with E-state index in [9.17, 15) is 9.59 Å². The molecule has 0 fully saturated rings. The van der Waals surface area contributed by atoms with Crippen molar-refractivity contribution in [3.8, 4) is 5.69 Å². The molecule has 0 atom stereocenters. The summed E-state index contributed by atoms with van der Waals surface area (Å²) in [6.45, 7) is 1.42. The molecule has 8 heteroatoms. The van der Waals surface area contributed by atoms with Gasteiger partial charge in [-0.1, -0.05) is 12.1 Å². The van der Waals surface area contributed by atoms with Crippen molar-refractivity contribution in [3.05, 3.63) is 53.9 Å². The number of tetrazole rings is 1. The number of rotatable bonds is 2. The van der Waals surface area contributed by atoms with Crippen molar-refractivity contribution >= 4 is 28.6 Å². The Morgan fingerprint density at radius 3 is 2.78 bits per heavy atom. The van der Waals surface area contributed by atoms with Gasteiger partial charge in [0.05, 0.1) is 22.6 Å². The number of aryl methyl sites for hydroxylation is 1. The minimum absolute atomic E-state index is 0.294. The normalized spacial score (nSPS) is 15.9. The van der Waals surface area contributed by atoms with Crippen LogP contribution in [0.4, 0.5) is 17.1 Å². The van der Waals surface area contributed by atoms with Gasteiger partial charge in [0.15, 0.2) is 0 Å². The standard InChI is InChI=1S/C19H16N6O2/c26-16-7-5-12-4-6-15-18(17(12)19(16)27)20-8-9-24(15)13-2-1-3-14(10-13)25-11-21-22-23-25/h1-4,6,10-11,20H,5,7-9H2. The molecule has 134 valence electrons. The Balaban J connectivity index is 1.61. The summed E-state index contributed by atoms with van der Waals surface area (Å²) in [5.41, 5.74) is 4.95. The average molecular weight is 360 g/mol. The Labute approximate surface area is 154 Å². The molecule has 0 bridgehead atoms. The maximum absolute atomic E-state index is 12.5. The number of carbonyl (C=O) groups is 2. The van der Waals surface area contributed by atoms with Crippen LogP contribution in [0.3, 0.4) is 0 Å². The molecule has 0 saturated heterocycles. The van der Waals surface area contributed by atoms with Gasteiger partial charge in [-0.2, -0.15) is 0 Å². The van der Waals surface area contributed by atoms with Gasteiger partial charge in [-0.05, 0) is 46.7 Å². The molecule has 1 N–H and O–H groups in total. The molecular formula is C19H16N6O2. The third kappa shape index (κ3) is 2.49. The second-order valence-electron chi connectivity index (χ2n) is 6.60. The van der Waals surface area contributed by atoms with E-state index in [1.54, 1.807) is 11.0 Å². The Morgan fingerprint density at radius 2 is 1.93 bits per heavy atom. The highest BCUT2D eigenvalue weighted by Gasteiger charge is 2.31. The topological polar surface area (TPSA) is 93.0 Å². The number of benzene rings is 2. The predicted molar refractivity (Wildman–Crippen MR) is 98.8 cm³/mol. The van der Waals surface area contributed by atoms with Crippen LogP contribution in [-0.2, 0) is 11.2 Å². The van der Waals surface area contributed by atoms with Crippen LogP contribution >= 0.6 is 0 Å². The summed E-state index contributed by atoms with van der Waals surface area (Å²) in [6, 6.07) is 11.9. The third-order valence-electron chi connectivity index (χ3n) is 5.05. The van der Waals surface area contributed by atoms with Crippen molar-refractivity contribution in [2.45, 2.75) is 12.8 Å². The first kappa shape index (κ1) is 15.7. The van der Waals surface area contributed by atoms with Crippen LogP contribution in [0.2, 0.25) is 0 Å². The Hall–Kier alpha value is -3.55. The van der Waals surface area contributed by atoms with Crippen LogP contribution in [-0.4, -0.2) is 44.9 Å². The highest BCUT2D eigenvalue weighted by Crippen LogP contribution is 2.40. The van der Waals surface area contributed by atoms with Gasteiger partial charge in [0.25, 0.3) is 0 Å². The van der Waals surface area contributed by atoms with Crippen molar-refractivity contribution in [3.63, 3.8) is 0 Å². The largest absolute Gasteiger partial charge is 0.381 e. The quantitative estimate of drug-likeness (QED) is 0.698. The molecular weight excluding hydrogens is 344 g/mol. The number of hydrogen-bond donors (Lipinski definition) is 1. The fraction of sp³-hybridized carbons (Fsp3) is 0.211. The average Bonchev–Trinajstić information content (AvgIpc) is 3.25. The second-order valence-corrected chi connectivity index (χ2v) is 6.60. The Kier molecular flexibility index (Phi) is 3.49. The van der Waals surface area contributed by atoms with Gasteiger partial charge in [-0.25, -0.2) is 4.68 Å². The van der Waals surface area contributed by atoms with Crippen molar-refractivity contribution in [2.75, 3.05) is 23.3 Å². The van der Waals surface area contributed by atoms with Crippen LogP contribution < -0.4 is 10.2 Å². The number of nitrogens with zero attached hydrogens (tertiary/aromatic N) is 5. The van der Waals surface area contributed by atoms with Crippen LogP contribution in [0.25, 0.3) is 5.69 Å². The fourth-order valence-electron chi connectivity index (χ4n) is 3.77. The number of nitrogens with one attached hydrogen (secondary N) is 1. The van der Waals surface area contributed by atoms with Gasteiger partial charge in [-0.3, -0.25) is 9.59 Å². The van der Waals surface area contributed by atoms with E-state index in [0.717, 1.165) is 34.9 Å². The Bertz CT molecular complexity index is 1060. The first-order valence-corrected chi connectivity index (χ1v) is 8.80. The molecule has 2 aliphatic rings. The molecule has 27 heavy (non-hydrogen) atoms. The molecule has 1 aliphatic carbocycles. The lowest BCUT2D eigenvalue weighted by Gasteiger charge is -2.34. The minimum Gasteiger partial charge on any atom is -0.381 e. The van der Waals surface area contributed by atoms with Gasteiger partial charge in [0, 0.05) is 25.2 Å². The van der Waals surface area contributed by atoms with E-state index in [4.69, 9.17) is 0 Å². The van der Waals surface area contributed by atoms with E-state index in [2.05, 4.69) is 25.7 Å². The molecule has 0 radical (unpaired) electrons. The van der Waals surface area contributed by atoms with Gasteiger partial charge in [0.1, 0.15) is 6.33 Å². The van der Waals surface area contributed by atoms with Gasteiger partial charge < -0.3 is 10.2 Å². The molecule has 1 aromatic heterocycles. The van der Waals surface area contributed by atoms with E-state index >= 15 is 0 Å². The summed E-state index contributed by atoms with van der Waals surface area (Å²) in [6.07, 6.45) is 2.46. The minimum atomic E-state index is -0.384. The summed E-state index contributed by atoms with van der Waals surface area (Å²) in [5, 5.41) is 14.6. The lowest BCUT2D eigenvalue weighted by Crippen LogP contribution is -2.33. The zero-order valence-electron chi connectivity index (χ0n) is 14.4. The van der Waals surface area contributed by atoms with Gasteiger partial charge in [0.2, 0.25) is 11.6 Å².